The molecule has 0 radical (unpaired) electrons. The lowest BCUT2D eigenvalue weighted by Gasteiger charge is -2.11. The Morgan fingerprint density at radius 1 is 1.23 bits per heavy atom. The molecule has 2 aromatic heterocycles. The van der Waals surface area contributed by atoms with Crippen LogP contribution in [0, 0.1) is 11.3 Å². The number of carbonyl (C=O) groups excluding carboxylic acids is 1. The second-order valence-electron chi connectivity index (χ2n) is 6.26. The summed E-state index contributed by atoms with van der Waals surface area (Å²) in [5.74, 6) is 0.0525. The Labute approximate surface area is 150 Å². The molecule has 1 unspecified atom stereocenters. The Bertz CT molecular complexity index is 968. The molecular weight excluding hydrogens is 330 g/mol. The molecule has 4 rings (SSSR count). The third kappa shape index (κ3) is 2.88. The average molecular weight is 347 g/mol. The molecule has 0 amide bonds. The van der Waals surface area contributed by atoms with E-state index in [9.17, 15) is 10.1 Å². The molecule has 1 aliphatic heterocycles. The number of carbonyl (C=O) groups is 1. The van der Waals surface area contributed by atoms with Crippen molar-refractivity contribution in [3.05, 3.63) is 53.9 Å². The lowest BCUT2D eigenvalue weighted by Crippen LogP contribution is -2.18. The molecule has 1 aliphatic rings. The fourth-order valence-electron chi connectivity index (χ4n) is 3.27. The van der Waals surface area contributed by atoms with Crippen LogP contribution in [0.3, 0.4) is 0 Å². The van der Waals surface area contributed by atoms with Gasteiger partial charge >= 0.3 is 0 Å². The first kappa shape index (κ1) is 16.1. The number of rotatable bonds is 4. The highest BCUT2D eigenvalue weighted by Crippen LogP contribution is 2.24. The highest BCUT2D eigenvalue weighted by molar-refractivity contribution is 6.02. The number of benzene rings is 1. The van der Waals surface area contributed by atoms with Crippen molar-refractivity contribution >= 4 is 5.78 Å². The van der Waals surface area contributed by atoms with E-state index in [1.54, 1.807) is 35.3 Å². The maximum atomic E-state index is 13.0. The number of aromatic nitrogens is 6. The summed E-state index contributed by atoms with van der Waals surface area (Å²) in [5, 5.41) is 25.8. The van der Waals surface area contributed by atoms with Crippen LogP contribution in [0.15, 0.2) is 36.7 Å². The minimum absolute atomic E-state index is 0.283. The van der Waals surface area contributed by atoms with Crippen LogP contribution in [0.4, 0.5) is 0 Å². The molecular formula is C18H17N7O. The fraction of sp³-hybridized carbons (Fsp3) is 0.333. The summed E-state index contributed by atoms with van der Waals surface area (Å²) in [5.41, 5.74) is 1.15. The fourth-order valence-corrected chi connectivity index (χ4v) is 3.27. The van der Waals surface area contributed by atoms with Gasteiger partial charge in [-0.3, -0.25) is 4.79 Å². The van der Waals surface area contributed by atoms with Crippen molar-refractivity contribution in [3.63, 3.8) is 0 Å². The van der Waals surface area contributed by atoms with Gasteiger partial charge in [-0.15, -0.1) is 15.3 Å². The van der Waals surface area contributed by atoms with Gasteiger partial charge in [0.15, 0.2) is 17.5 Å². The molecule has 1 atom stereocenters. The lowest BCUT2D eigenvalue weighted by atomic mass is 9.97. The van der Waals surface area contributed by atoms with E-state index in [1.807, 2.05) is 10.6 Å². The quantitative estimate of drug-likeness (QED) is 0.670. The molecule has 0 bridgehead atoms. The van der Waals surface area contributed by atoms with Gasteiger partial charge < -0.3 is 4.57 Å². The number of nitriles is 1. The standard InChI is InChI=1S/C18H17N7O/c19-12-15(18-22-21-16-7-2-1-3-9-24(16)18)17(26)13-5-4-6-14(11-13)25-10-8-20-23-25/h4-6,8,10-11,15H,1-3,7,9H2. The molecule has 0 saturated heterocycles. The van der Waals surface area contributed by atoms with Gasteiger partial charge in [0, 0.05) is 18.5 Å². The number of fused-ring (bicyclic) bond motifs is 1. The zero-order valence-electron chi connectivity index (χ0n) is 14.1. The topological polar surface area (TPSA) is 102 Å². The molecule has 0 fully saturated rings. The highest BCUT2D eigenvalue weighted by atomic mass is 16.1. The molecule has 8 nitrogen and oxygen atoms in total. The van der Waals surface area contributed by atoms with Crippen LogP contribution in [0.5, 0.6) is 0 Å². The number of aryl methyl sites for hydroxylation is 1. The Morgan fingerprint density at radius 2 is 2.15 bits per heavy atom. The zero-order chi connectivity index (χ0) is 17.9. The molecule has 0 saturated carbocycles. The molecule has 0 aliphatic carbocycles. The summed E-state index contributed by atoms with van der Waals surface area (Å²) in [6.45, 7) is 0.752. The number of ketones is 1. The van der Waals surface area contributed by atoms with Gasteiger partial charge in [-0.05, 0) is 25.0 Å². The molecule has 0 spiro atoms. The maximum Gasteiger partial charge on any atom is 0.187 e. The van der Waals surface area contributed by atoms with Gasteiger partial charge in [0.25, 0.3) is 0 Å². The summed E-state index contributed by atoms with van der Waals surface area (Å²) in [6, 6.07) is 9.13. The van der Waals surface area contributed by atoms with Crippen LogP contribution in [-0.2, 0) is 13.0 Å². The summed E-state index contributed by atoms with van der Waals surface area (Å²) in [7, 11) is 0. The average Bonchev–Trinajstić information content (AvgIpc) is 3.28. The van der Waals surface area contributed by atoms with Crippen LogP contribution in [0.1, 0.15) is 47.2 Å². The van der Waals surface area contributed by atoms with Crippen molar-refractivity contribution in [2.24, 2.45) is 0 Å². The first-order chi connectivity index (χ1) is 12.8. The van der Waals surface area contributed by atoms with E-state index in [4.69, 9.17) is 0 Å². The van der Waals surface area contributed by atoms with E-state index >= 15 is 0 Å². The van der Waals surface area contributed by atoms with E-state index in [-0.39, 0.29) is 5.78 Å². The van der Waals surface area contributed by atoms with E-state index < -0.39 is 5.92 Å². The normalized spacial score (nSPS) is 14.9. The predicted octanol–water partition coefficient (Wildman–Crippen LogP) is 2.08. The van der Waals surface area contributed by atoms with Gasteiger partial charge in [0.05, 0.1) is 24.2 Å². The minimum atomic E-state index is -0.972. The van der Waals surface area contributed by atoms with E-state index in [1.165, 1.54) is 0 Å². The van der Waals surface area contributed by atoms with Crippen LogP contribution in [0.25, 0.3) is 5.69 Å². The van der Waals surface area contributed by atoms with Crippen molar-refractivity contribution in [2.75, 3.05) is 0 Å². The molecule has 0 N–H and O–H groups in total. The molecule has 8 heteroatoms. The first-order valence-electron chi connectivity index (χ1n) is 8.60. The summed E-state index contributed by atoms with van der Waals surface area (Å²) >= 11 is 0. The molecule has 130 valence electrons. The van der Waals surface area contributed by atoms with Crippen molar-refractivity contribution in [1.82, 2.24) is 29.8 Å². The van der Waals surface area contributed by atoms with Gasteiger partial charge in [0.2, 0.25) is 0 Å². The minimum Gasteiger partial charge on any atom is -0.313 e. The molecule has 3 aromatic rings. The lowest BCUT2D eigenvalue weighted by molar-refractivity contribution is 0.0974. The second-order valence-corrected chi connectivity index (χ2v) is 6.26. The van der Waals surface area contributed by atoms with Crippen LogP contribution < -0.4 is 0 Å². The Hall–Kier alpha value is -3.34. The highest BCUT2D eigenvalue weighted by Gasteiger charge is 2.29. The number of Topliss-reactive ketones (excluding diaryl/α,β-unsaturated/α-hetero) is 1. The third-order valence-corrected chi connectivity index (χ3v) is 4.61. The summed E-state index contributed by atoms with van der Waals surface area (Å²) in [4.78, 5) is 13.0. The van der Waals surface area contributed by atoms with Crippen LogP contribution in [-0.4, -0.2) is 35.5 Å². The van der Waals surface area contributed by atoms with Crippen molar-refractivity contribution < 1.29 is 4.79 Å². The van der Waals surface area contributed by atoms with Gasteiger partial charge in [-0.1, -0.05) is 23.8 Å². The van der Waals surface area contributed by atoms with Crippen LogP contribution >= 0.6 is 0 Å². The predicted molar refractivity (Wildman–Crippen MR) is 91.6 cm³/mol. The number of hydrogen-bond donors (Lipinski definition) is 0. The van der Waals surface area contributed by atoms with E-state index in [0.29, 0.717) is 17.1 Å². The first-order valence-corrected chi connectivity index (χ1v) is 8.60. The summed E-state index contributed by atoms with van der Waals surface area (Å²) in [6.07, 6.45) is 7.28. The van der Waals surface area contributed by atoms with Gasteiger partial charge in [-0.25, -0.2) is 4.68 Å². The van der Waals surface area contributed by atoms with Gasteiger partial charge in [-0.2, -0.15) is 5.26 Å². The Morgan fingerprint density at radius 3 is 2.96 bits per heavy atom. The zero-order valence-corrected chi connectivity index (χ0v) is 14.1. The van der Waals surface area contributed by atoms with E-state index in [2.05, 4.69) is 26.6 Å². The molecule has 26 heavy (non-hydrogen) atoms. The summed E-state index contributed by atoms with van der Waals surface area (Å²) < 4.78 is 3.52. The SMILES string of the molecule is N#CC(C(=O)c1cccc(-n2ccnn2)c1)c1nnc2n1CCCCC2. The largest absolute Gasteiger partial charge is 0.313 e. The second kappa shape index (κ2) is 6.88. The van der Waals surface area contributed by atoms with Crippen molar-refractivity contribution in [1.29, 1.82) is 5.26 Å². The number of nitrogens with zero attached hydrogens (tertiary/aromatic N) is 7. The van der Waals surface area contributed by atoms with Crippen molar-refractivity contribution in [3.8, 4) is 11.8 Å². The smallest absolute Gasteiger partial charge is 0.187 e. The Kier molecular flexibility index (Phi) is 4.27. The molecule has 3 heterocycles. The number of hydrogen-bond acceptors (Lipinski definition) is 6. The monoisotopic (exact) mass is 347 g/mol. The van der Waals surface area contributed by atoms with Crippen LogP contribution in [0.2, 0.25) is 0 Å². The third-order valence-electron chi connectivity index (χ3n) is 4.61. The Balaban J connectivity index is 1.68. The maximum absolute atomic E-state index is 13.0. The van der Waals surface area contributed by atoms with Gasteiger partial charge in [0.1, 0.15) is 5.82 Å². The van der Waals surface area contributed by atoms with Crippen molar-refractivity contribution in [2.45, 2.75) is 38.1 Å². The van der Waals surface area contributed by atoms with E-state index in [0.717, 1.165) is 38.1 Å². The molecule has 1 aromatic carbocycles.